The van der Waals surface area contributed by atoms with E-state index in [4.69, 9.17) is 9.47 Å². The van der Waals surface area contributed by atoms with E-state index in [1.165, 1.54) is 6.20 Å². The van der Waals surface area contributed by atoms with Crippen molar-refractivity contribution in [3.63, 3.8) is 0 Å². The van der Waals surface area contributed by atoms with Crippen LogP contribution in [-0.2, 0) is 6.54 Å². The average molecular weight is 609 g/mol. The van der Waals surface area contributed by atoms with E-state index in [1.807, 2.05) is 12.1 Å². The first-order valence-corrected chi connectivity index (χ1v) is 15.6. The van der Waals surface area contributed by atoms with Gasteiger partial charge in [-0.2, -0.15) is 5.26 Å². The lowest BCUT2D eigenvalue weighted by Crippen LogP contribution is -2.40. The van der Waals surface area contributed by atoms with E-state index in [1.54, 1.807) is 61.6 Å². The maximum Gasteiger partial charge on any atom is 0.272 e. The molecule has 2 saturated heterocycles. The van der Waals surface area contributed by atoms with Crippen LogP contribution in [-0.4, -0.2) is 72.7 Å². The number of hydrogen-bond acceptors (Lipinski definition) is 8. The second-order valence-electron chi connectivity index (χ2n) is 12.1. The Hall–Kier alpha value is -4.55. The smallest absolute Gasteiger partial charge is 0.272 e. The number of likely N-dealkylation sites (tertiary alicyclic amines) is 2. The van der Waals surface area contributed by atoms with E-state index in [-0.39, 0.29) is 29.3 Å². The standard InChI is InChI=1S/C36H40N4O5/c1-24-22-39(23-25-4-5-29(20-37)34(18-25)45-3)15-12-28(24)19-33(41)30-8-11-32(38-21-30)36(43)40-16-13-27(14-17-40)35(42)26-6-9-31(44-2)10-7-26/h4-11,18,21,24,27-28H,12-17,19,22-23H2,1-3H3/t24-,28?/m0/s1. The van der Waals surface area contributed by atoms with Crippen LogP contribution in [0.2, 0.25) is 0 Å². The number of hydrogen-bond donors (Lipinski definition) is 0. The lowest BCUT2D eigenvalue weighted by atomic mass is 9.82. The highest BCUT2D eigenvalue weighted by Crippen LogP contribution is 2.30. The minimum Gasteiger partial charge on any atom is -0.497 e. The van der Waals surface area contributed by atoms with E-state index >= 15 is 0 Å². The highest BCUT2D eigenvalue weighted by molar-refractivity contribution is 5.99. The predicted octanol–water partition coefficient (Wildman–Crippen LogP) is 5.44. The first-order valence-electron chi connectivity index (χ1n) is 15.6. The van der Waals surface area contributed by atoms with E-state index in [9.17, 15) is 19.6 Å². The van der Waals surface area contributed by atoms with Gasteiger partial charge in [0.15, 0.2) is 11.6 Å². The summed E-state index contributed by atoms with van der Waals surface area (Å²) in [6.07, 6.45) is 4.09. The summed E-state index contributed by atoms with van der Waals surface area (Å²) < 4.78 is 10.5. The summed E-state index contributed by atoms with van der Waals surface area (Å²) >= 11 is 0. The predicted molar refractivity (Wildman–Crippen MR) is 169 cm³/mol. The molecule has 1 unspecified atom stereocenters. The Morgan fingerprint density at radius 1 is 0.933 bits per heavy atom. The van der Waals surface area contributed by atoms with Gasteiger partial charge in [0.2, 0.25) is 0 Å². The van der Waals surface area contributed by atoms with Gasteiger partial charge in [0.05, 0.1) is 19.8 Å². The van der Waals surface area contributed by atoms with Gasteiger partial charge in [-0.25, -0.2) is 0 Å². The summed E-state index contributed by atoms with van der Waals surface area (Å²) in [5.41, 5.74) is 3.12. The SMILES string of the molecule is COc1ccc(C(=O)C2CCN(C(=O)c3ccc(C(=O)CC4CCN(Cc5ccc(C#N)c(OC)c5)C[C@@H]4C)cn3)CC2)cc1. The van der Waals surface area contributed by atoms with Crippen molar-refractivity contribution in [2.24, 2.45) is 17.8 Å². The number of pyridine rings is 1. The number of amides is 1. The highest BCUT2D eigenvalue weighted by Gasteiger charge is 2.30. The van der Waals surface area contributed by atoms with Crippen LogP contribution < -0.4 is 9.47 Å². The first kappa shape index (κ1) is 31.9. The van der Waals surface area contributed by atoms with Gasteiger partial charge in [-0.1, -0.05) is 13.0 Å². The fourth-order valence-corrected chi connectivity index (χ4v) is 6.45. The molecule has 0 bridgehead atoms. The highest BCUT2D eigenvalue weighted by atomic mass is 16.5. The van der Waals surface area contributed by atoms with Gasteiger partial charge in [-0.15, -0.1) is 0 Å². The number of carbonyl (C=O) groups excluding carboxylic acids is 3. The lowest BCUT2D eigenvalue weighted by molar-refractivity contribution is 0.0645. The number of nitrogens with zero attached hydrogens (tertiary/aromatic N) is 4. The van der Waals surface area contributed by atoms with E-state index in [0.29, 0.717) is 72.2 Å². The Morgan fingerprint density at radius 3 is 2.29 bits per heavy atom. The molecular formula is C36H40N4O5. The molecule has 0 N–H and O–H groups in total. The molecule has 2 fully saturated rings. The summed E-state index contributed by atoms with van der Waals surface area (Å²) in [6.45, 7) is 5.71. The molecule has 1 amide bonds. The Balaban J connectivity index is 1.09. The number of carbonyl (C=O) groups is 3. The zero-order valence-electron chi connectivity index (χ0n) is 26.2. The van der Waals surface area contributed by atoms with Gasteiger partial charge < -0.3 is 14.4 Å². The zero-order valence-corrected chi connectivity index (χ0v) is 26.2. The molecule has 5 rings (SSSR count). The van der Waals surface area contributed by atoms with Gasteiger partial charge in [0, 0.05) is 55.8 Å². The number of benzene rings is 2. The van der Waals surface area contributed by atoms with Crippen LogP contribution in [0.5, 0.6) is 11.5 Å². The molecular weight excluding hydrogens is 568 g/mol. The van der Waals surface area contributed by atoms with Crippen LogP contribution in [0, 0.1) is 29.1 Å². The van der Waals surface area contributed by atoms with Crippen molar-refractivity contribution >= 4 is 17.5 Å². The molecule has 9 heteroatoms. The molecule has 2 aliphatic heterocycles. The Kier molecular flexibility index (Phi) is 10.3. The third-order valence-corrected chi connectivity index (χ3v) is 9.24. The molecule has 2 aromatic carbocycles. The van der Waals surface area contributed by atoms with Crippen molar-refractivity contribution in [3.05, 3.63) is 88.7 Å². The van der Waals surface area contributed by atoms with E-state index in [2.05, 4.69) is 22.9 Å². The van der Waals surface area contributed by atoms with Gasteiger partial charge in [0.25, 0.3) is 5.91 Å². The molecule has 3 heterocycles. The molecule has 234 valence electrons. The molecule has 0 radical (unpaired) electrons. The number of rotatable bonds is 10. The van der Waals surface area contributed by atoms with Crippen LogP contribution >= 0.6 is 0 Å². The number of piperidine rings is 2. The van der Waals surface area contributed by atoms with Crippen LogP contribution in [0.1, 0.15) is 74.9 Å². The van der Waals surface area contributed by atoms with Crippen molar-refractivity contribution in [1.82, 2.24) is 14.8 Å². The first-order chi connectivity index (χ1) is 21.8. The molecule has 3 aromatic rings. The normalized spacial score (nSPS) is 19.0. The van der Waals surface area contributed by atoms with Gasteiger partial charge in [-0.05, 0) is 91.7 Å². The van der Waals surface area contributed by atoms with Crippen LogP contribution in [0.3, 0.4) is 0 Å². The minimum atomic E-state index is -0.176. The molecule has 45 heavy (non-hydrogen) atoms. The Bertz CT molecular complexity index is 1560. The van der Waals surface area contributed by atoms with Crippen molar-refractivity contribution < 1.29 is 23.9 Å². The van der Waals surface area contributed by atoms with Gasteiger partial charge >= 0.3 is 0 Å². The molecule has 0 spiro atoms. The fraction of sp³-hybridized carbons (Fsp3) is 0.417. The summed E-state index contributed by atoms with van der Waals surface area (Å²) in [5, 5.41) is 9.24. The van der Waals surface area contributed by atoms with Crippen molar-refractivity contribution in [2.45, 2.75) is 39.2 Å². The maximum absolute atomic E-state index is 13.2. The third-order valence-electron chi connectivity index (χ3n) is 9.24. The minimum absolute atomic E-state index is 0.0430. The summed E-state index contributed by atoms with van der Waals surface area (Å²) in [6, 6.07) is 18.3. The summed E-state index contributed by atoms with van der Waals surface area (Å²) in [5.74, 6) is 1.75. The Morgan fingerprint density at radius 2 is 1.67 bits per heavy atom. The largest absolute Gasteiger partial charge is 0.497 e. The van der Waals surface area contributed by atoms with Gasteiger partial charge in [-0.3, -0.25) is 24.3 Å². The average Bonchev–Trinajstić information content (AvgIpc) is 3.09. The maximum atomic E-state index is 13.2. The van der Waals surface area contributed by atoms with Crippen LogP contribution in [0.4, 0.5) is 0 Å². The number of methoxy groups -OCH3 is 2. The fourth-order valence-electron chi connectivity index (χ4n) is 6.45. The number of Topliss-reactive ketones (excluding diaryl/α,β-unsaturated/α-hetero) is 2. The number of ketones is 2. The number of nitriles is 1. The van der Waals surface area contributed by atoms with Crippen molar-refractivity contribution in [3.8, 4) is 17.6 Å². The van der Waals surface area contributed by atoms with Crippen LogP contribution in [0.25, 0.3) is 0 Å². The monoisotopic (exact) mass is 608 g/mol. The van der Waals surface area contributed by atoms with E-state index in [0.717, 1.165) is 31.6 Å². The molecule has 9 nitrogen and oxygen atoms in total. The summed E-state index contributed by atoms with van der Waals surface area (Å²) in [4.78, 5) is 47.7. The number of aromatic nitrogens is 1. The second-order valence-corrected chi connectivity index (χ2v) is 12.1. The molecule has 0 saturated carbocycles. The second kappa shape index (κ2) is 14.5. The van der Waals surface area contributed by atoms with Crippen molar-refractivity contribution in [1.29, 1.82) is 5.26 Å². The molecule has 1 aromatic heterocycles. The zero-order chi connectivity index (χ0) is 31.9. The molecule has 0 aliphatic carbocycles. The molecule has 2 aliphatic rings. The Labute approximate surface area is 264 Å². The van der Waals surface area contributed by atoms with Crippen LogP contribution in [0.15, 0.2) is 60.8 Å². The van der Waals surface area contributed by atoms with Gasteiger partial charge in [0.1, 0.15) is 23.3 Å². The van der Waals surface area contributed by atoms with E-state index < -0.39 is 0 Å². The number of ether oxygens (including phenoxy) is 2. The topological polar surface area (TPSA) is 113 Å². The quantitative estimate of drug-likeness (QED) is 0.280. The lowest BCUT2D eigenvalue weighted by Gasteiger charge is -2.36. The van der Waals surface area contributed by atoms with Crippen molar-refractivity contribution in [2.75, 3.05) is 40.4 Å². The molecule has 2 atom stereocenters. The third kappa shape index (κ3) is 7.58. The summed E-state index contributed by atoms with van der Waals surface area (Å²) in [7, 11) is 3.17.